The van der Waals surface area contributed by atoms with Gasteiger partial charge in [0.25, 0.3) is 21.8 Å². The molecule has 2 aromatic carbocycles. The number of aromatic nitrogens is 1. The number of pyridine rings is 1. The van der Waals surface area contributed by atoms with Crippen molar-refractivity contribution in [2.24, 2.45) is 0 Å². The average molecular weight is 404 g/mol. The first kappa shape index (κ1) is 18.3. The summed E-state index contributed by atoms with van der Waals surface area (Å²) >= 11 is 0. The van der Waals surface area contributed by atoms with Crippen molar-refractivity contribution >= 4 is 33.2 Å². The molecule has 0 radical (unpaired) electrons. The number of fused-ring (bicyclic) bond motifs is 1. The Kier molecular flexibility index (Phi) is 4.33. The van der Waals surface area contributed by atoms with Crippen molar-refractivity contribution in [1.82, 2.24) is 4.98 Å². The molecule has 4 rings (SSSR count). The lowest BCUT2D eigenvalue weighted by atomic mass is 10.1. The number of hydrogen-bond acceptors (Lipinski definition) is 6. The third-order valence-electron chi connectivity index (χ3n) is 4.36. The van der Waals surface area contributed by atoms with E-state index in [1.54, 1.807) is 12.1 Å². The van der Waals surface area contributed by atoms with Crippen LogP contribution in [-0.4, -0.2) is 25.2 Å². The normalized spacial score (nSPS) is 13.1. The standard InChI is InChI=1S/C20H12N4O4S/c21-11-13-6-8-15(9-7-13)29(27,28)23-17-5-1-4-16-18(17)20(26)24(19(16)25)14-3-2-10-22-12-14/h1-10,12,23H. The summed E-state index contributed by atoms with van der Waals surface area (Å²) in [5.41, 5.74) is 0.672. The highest BCUT2D eigenvalue weighted by Crippen LogP contribution is 2.33. The van der Waals surface area contributed by atoms with Gasteiger partial charge in [-0.25, -0.2) is 13.3 Å². The molecule has 0 bridgehead atoms. The molecule has 1 aromatic heterocycles. The molecule has 0 saturated heterocycles. The molecule has 0 aliphatic carbocycles. The number of anilines is 2. The van der Waals surface area contributed by atoms with Crippen LogP contribution >= 0.6 is 0 Å². The van der Waals surface area contributed by atoms with Crippen LogP contribution in [0.25, 0.3) is 0 Å². The van der Waals surface area contributed by atoms with Gasteiger partial charge in [0, 0.05) is 6.20 Å². The molecular formula is C20H12N4O4S. The van der Waals surface area contributed by atoms with Crippen LogP contribution < -0.4 is 9.62 Å². The van der Waals surface area contributed by atoms with Crippen LogP contribution in [0.2, 0.25) is 0 Å². The van der Waals surface area contributed by atoms with Gasteiger partial charge in [-0.05, 0) is 48.5 Å². The van der Waals surface area contributed by atoms with Gasteiger partial charge in [0.15, 0.2) is 0 Å². The molecule has 0 unspecified atom stereocenters. The highest BCUT2D eigenvalue weighted by atomic mass is 32.2. The van der Waals surface area contributed by atoms with E-state index in [0.29, 0.717) is 11.3 Å². The van der Waals surface area contributed by atoms with Crippen LogP contribution in [0.4, 0.5) is 11.4 Å². The summed E-state index contributed by atoms with van der Waals surface area (Å²) in [5.74, 6) is -1.20. The highest BCUT2D eigenvalue weighted by Gasteiger charge is 2.39. The smallest absolute Gasteiger partial charge is 0.268 e. The molecule has 142 valence electrons. The third-order valence-corrected chi connectivity index (χ3v) is 5.74. The Labute approximate surface area is 166 Å². The van der Waals surface area contributed by atoms with Crippen LogP contribution in [-0.2, 0) is 10.0 Å². The number of nitrogens with one attached hydrogen (secondary N) is 1. The highest BCUT2D eigenvalue weighted by molar-refractivity contribution is 7.92. The van der Waals surface area contributed by atoms with Gasteiger partial charge < -0.3 is 0 Å². The second-order valence-corrected chi connectivity index (χ2v) is 7.81. The lowest BCUT2D eigenvalue weighted by Crippen LogP contribution is -2.29. The maximum atomic E-state index is 12.9. The van der Waals surface area contributed by atoms with Crippen molar-refractivity contribution in [1.29, 1.82) is 5.26 Å². The Morgan fingerprint density at radius 2 is 1.72 bits per heavy atom. The first-order chi connectivity index (χ1) is 13.9. The molecule has 29 heavy (non-hydrogen) atoms. The topological polar surface area (TPSA) is 120 Å². The summed E-state index contributed by atoms with van der Waals surface area (Å²) in [4.78, 5) is 30.5. The number of nitriles is 1. The van der Waals surface area contributed by atoms with Crippen molar-refractivity contribution in [3.05, 3.63) is 83.7 Å². The Morgan fingerprint density at radius 3 is 2.38 bits per heavy atom. The Bertz CT molecular complexity index is 1280. The van der Waals surface area contributed by atoms with E-state index in [2.05, 4.69) is 9.71 Å². The van der Waals surface area contributed by atoms with Crippen LogP contribution in [0.5, 0.6) is 0 Å². The number of imide groups is 1. The van der Waals surface area contributed by atoms with Crippen LogP contribution in [0, 0.1) is 11.3 Å². The molecule has 9 heteroatoms. The maximum Gasteiger partial charge on any atom is 0.268 e. The summed E-state index contributed by atoms with van der Waals surface area (Å²) < 4.78 is 27.8. The number of sulfonamides is 1. The lowest BCUT2D eigenvalue weighted by Gasteiger charge is -2.13. The zero-order valence-electron chi connectivity index (χ0n) is 14.7. The first-order valence-corrected chi connectivity index (χ1v) is 9.85. The molecular weight excluding hydrogens is 392 g/mol. The lowest BCUT2D eigenvalue weighted by molar-refractivity contribution is 0.0926. The Balaban J connectivity index is 1.73. The molecule has 8 nitrogen and oxygen atoms in total. The minimum absolute atomic E-state index is 0.00315. The van der Waals surface area contributed by atoms with E-state index >= 15 is 0 Å². The fourth-order valence-corrected chi connectivity index (χ4v) is 4.08. The van der Waals surface area contributed by atoms with E-state index in [-0.39, 0.29) is 21.7 Å². The number of carbonyl (C=O) groups is 2. The van der Waals surface area contributed by atoms with Gasteiger partial charge in [-0.15, -0.1) is 0 Å². The first-order valence-electron chi connectivity index (χ1n) is 8.37. The van der Waals surface area contributed by atoms with Crippen LogP contribution in [0.15, 0.2) is 71.9 Å². The number of rotatable bonds is 4. The number of amides is 2. The molecule has 2 amide bonds. The second-order valence-electron chi connectivity index (χ2n) is 6.13. The third kappa shape index (κ3) is 3.11. The molecule has 0 saturated carbocycles. The van der Waals surface area contributed by atoms with Crippen molar-refractivity contribution in [3.63, 3.8) is 0 Å². The fraction of sp³-hybridized carbons (Fsp3) is 0. The number of carbonyl (C=O) groups excluding carboxylic acids is 2. The van der Waals surface area contributed by atoms with Gasteiger partial charge in [0.05, 0.1) is 45.2 Å². The molecule has 1 N–H and O–H groups in total. The van der Waals surface area contributed by atoms with E-state index < -0.39 is 21.8 Å². The van der Waals surface area contributed by atoms with Crippen LogP contribution in [0.1, 0.15) is 26.3 Å². The number of nitrogens with zero attached hydrogens (tertiary/aromatic N) is 3. The Hall–Kier alpha value is -4.03. The zero-order chi connectivity index (χ0) is 20.6. The molecule has 1 aliphatic rings. The van der Waals surface area contributed by atoms with Gasteiger partial charge in [-0.3, -0.25) is 19.3 Å². The van der Waals surface area contributed by atoms with Crippen molar-refractivity contribution in [3.8, 4) is 6.07 Å². The average Bonchev–Trinajstić information content (AvgIpc) is 2.99. The molecule has 2 heterocycles. The number of benzene rings is 2. The van der Waals surface area contributed by atoms with Gasteiger partial charge in [-0.2, -0.15) is 5.26 Å². The summed E-state index contributed by atoms with van der Waals surface area (Å²) in [6.07, 6.45) is 2.89. The molecule has 0 fully saturated rings. The van der Waals surface area contributed by atoms with Crippen LogP contribution in [0.3, 0.4) is 0 Å². The summed E-state index contributed by atoms with van der Waals surface area (Å²) in [7, 11) is -4.04. The van der Waals surface area contributed by atoms with Crippen molar-refractivity contribution in [2.45, 2.75) is 4.90 Å². The minimum atomic E-state index is -4.04. The van der Waals surface area contributed by atoms with E-state index in [9.17, 15) is 18.0 Å². The van der Waals surface area contributed by atoms with Gasteiger partial charge in [0.1, 0.15) is 0 Å². The van der Waals surface area contributed by atoms with E-state index in [1.807, 2.05) is 6.07 Å². The van der Waals surface area contributed by atoms with E-state index in [0.717, 1.165) is 4.90 Å². The second kappa shape index (κ2) is 6.85. The van der Waals surface area contributed by atoms with Gasteiger partial charge >= 0.3 is 0 Å². The SMILES string of the molecule is N#Cc1ccc(S(=O)(=O)Nc2cccc3c2C(=O)N(c2cccnc2)C3=O)cc1. The predicted molar refractivity (Wildman–Crippen MR) is 104 cm³/mol. The summed E-state index contributed by atoms with van der Waals surface area (Å²) in [6.45, 7) is 0. The van der Waals surface area contributed by atoms with Crippen molar-refractivity contribution in [2.75, 3.05) is 9.62 Å². The quantitative estimate of drug-likeness (QED) is 0.667. The fourth-order valence-electron chi connectivity index (χ4n) is 3.00. The molecule has 0 spiro atoms. The Morgan fingerprint density at radius 1 is 0.966 bits per heavy atom. The van der Waals surface area contributed by atoms with Crippen molar-refractivity contribution < 1.29 is 18.0 Å². The molecule has 3 aromatic rings. The predicted octanol–water partition coefficient (Wildman–Crippen LogP) is 2.55. The monoisotopic (exact) mass is 404 g/mol. The summed E-state index contributed by atoms with van der Waals surface area (Å²) in [5, 5.41) is 8.85. The maximum absolute atomic E-state index is 12.9. The number of hydrogen-bond donors (Lipinski definition) is 1. The van der Waals surface area contributed by atoms with E-state index in [4.69, 9.17) is 5.26 Å². The van der Waals surface area contributed by atoms with Gasteiger partial charge in [-0.1, -0.05) is 6.07 Å². The molecule has 1 aliphatic heterocycles. The molecule has 0 atom stereocenters. The minimum Gasteiger partial charge on any atom is -0.279 e. The summed E-state index contributed by atoms with van der Waals surface area (Å²) in [6, 6.07) is 14.8. The largest absolute Gasteiger partial charge is 0.279 e. The van der Waals surface area contributed by atoms with Gasteiger partial charge in [0.2, 0.25) is 0 Å². The van der Waals surface area contributed by atoms with E-state index in [1.165, 1.54) is 54.9 Å². The zero-order valence-corrected chi connectivity index (χ0v) is 15.6.